The first kappa shape index (κ1) is 9.62. The molecule has 0 radical (unpaired) electrons. The van der Waals surface area contributed by atoms with Gasteiger partial charge in [0, 0.05) is 36.0 Å². The standard InChI is InChI=1S/C11H12N4S/c12-3-1-9-6-15-10(7-16-11(15)14-9)8-2-4-13-5-8/h2,4-7,13H,1,3,12H2. The maximum absolute atomic E-state index is 5.53. The molecule has 0 bridgehead atoms. The minimum absolute atomic E-state index is 0.643. The van der Waals surface area contributed by atoms with Crippen LogP contribution in [0.2, 0.25) is 0 Å². The number of hydrogen-bond acceptors (Lipinski definition) is 3. The number of fused-ring (bicyclic) bond motifs is 1. The third-order valence-corrected chi connectivity index (χ3v) is 3.39. The summed E-state index contributed by atoms with van der Waals surface area (Å²) in [5, 5.41) is 2.12. The van der Waals surface area contributed by atoms with Crippen molar-refractivity contribution >= 4 is 16.3 Å². The molecule has 3 N–H and O–H groups in total. The van der Waals surface area contributed by atoms with Gasteiger partial charge in [0.05, 0.1) is 11.4 Å². The molecule has 0 atom stereocenters. The van der Waals surface area contributed by atoms with E-state index >= 15 is 0 Å². The summed E-state index contributed by atoms with van der Waals surface area (Å²) in [5.74, 6) is 0. The minimum Gasteiger partial charge on any atom is -0.367 e. The Kier molecular flexibility index (Phi) is 2.27. The number of thiazole rings is 1. The normalized spacial score (nSPS) is 11.3. The van der Waals surface area contributed by atoms with Crippen LogP contribution in [0.15, 0.2) is 30.0 Å². The highest BCUT2D eigenvalue weighted by Gasteiger charge is 2.09. The van der Waals surface area contributed by atoms with E-state index in [2.05, 4.69) is 32.0 Å². The molecule has 0 spiro atoms. The molecular formula is C11H12N4S. The topological polar surface area (TPSA) is 59.1 Å². The molecule has 0 aliphatic heterocycles. The van der Waals surface area contributed by atoms with Crippen molar-refractivity contribution in [1.29, 1.82) is 0 Å². The number of imidazole rings is 1. The van der Waals surface area contributed by atoms with Crippen LogP contribution in [0.4, 0.5) is 0 Å². The number of hydrogen-bond donors (Lipinski definition) is 2. The van der Waals surface area contributed by atoms with Crippen LogP contribution < -0.4 is 5.73 Å². The fourth-order valence-electron chi connectivity index (χ4n) is 1.79. The molecule has 5 heteroatoms. The Morgan fingerprint density at radius 1 is 1.50 bits per heavy atom. The van der Waals surface area contributed by atoms with Crippen LogP contribution in [0.3, 0.4) is 0 Å². The maximum Gasteiger partial charge on any atom is 0.194 e. The molecule has 3 aromatic heterocycles. The van der Waals surface area contributed by atoms with Crippen molar-refractivity contribution < 1.29 is 0 Å². The lowest BCUT2D eigenvalue weighted by Crippen LogP contribution is -2.02. The van der Waals surface area contributed by atoms with E-state index in [1.165, 1.54) is 11.3 Å². The first-order valence-electron chi connectivity index (χ1n) is 5.17. The summed E-state index contributed by atoms with van der Waals surface area (Å²) in [6.45, 7) is 0.643. The molecule has 0 fully saturated rings. The van der Waals surface area contributed by atoms with E-state index < -0.39 is 0 Å². The molecule has 0 aliphatic rings. The van der Waals surface area contributed by atoms with Crippen LogP contribution in [0, 0.1) is 0 Å². The summed E-state index contributed by atoms with van der Waals surface area (Å²) >= 11 is 1.66. The van der Waals surface area contributed by atoms with E-state index in [1.54, 1.807) is 11.3 Å². The fourth-order valence-corrected chi connectivity index (χ4v) is 2.69. The van der Waals surface area contributed by atoms with Gasteiger partial charge in [0.15, 0.2) is 4.96 Å². The Morgan fingerprint density at radius 2 is 2.44 bits per heavy atom. The molecule has 4 nitrogen and oxygen atoms in total. The van der Waals surface area contributed by atoms with E-state index in [9.17, 15) is 0 Å². The zero-order chi connectivity index (χ0) is 11.0. The van der Waals surface area contributed by atoms with Crippen molar-refractivity contribution in [2.45, 2.75) is 6.42 Å². The lowest BCUT2D eigenvalue weighted by molar-refractivity contribution is 0.937. The van der Waals surface area contributed by atoms with Gasteiger partial charge in [0.25, 0.3) is 0 Å². The molecule has 82 valence electrons. The Hall–Kier alpha value is -1.59. The Morgan fingerprint density at radius 3 is 3.19 bits per heavy atom. The van der Waals surface area contributed by atoms with Crippen LogP contribution in [-0.4, -0.2) is 20.9 Å². The summed E-state index contributed by atoms with van der Waals surface area (Å²) in [7, 11) is 0. The van der Waals surface area contributed by atoms with Gasteiger partial charge in [-0.05, 0) is 12.6 Å². The van der Waals surface area contributed by atoms with Crippen LogP contribution in [0.1, 0.15) is 5.69 Å². The Bertz CT molecular complexity index is 591. The monoisotopic (exact) mass is 232 g/mol. The van der Waals surface area contributed by atoms with E-state index in [4.69, 9.17) is 5.73 Å². The summed E-state index contributed by atoms with van der Waals surface area (Å²) < 4.78 is 2.12. The molecule has 0 aliphatic carbocycles. The van der Waals surface area contributed by atoms with Crippen molar-refractivity contribution in [3.63, 3.8) is 0 Å². The molecule has 0 saturated carbocycles. The predicted octanol–water partition coefficient (Wildman–Crippen LogP) is 1.89. The SMILES string of the molecule is NCCc1cn2c(-c3cc[nH]c3)csc2n1. The second-order valence-corrected chi connectivity index (χ2v) is 4.48. The highest BCUT2D eigenvalue weighted by atomic mass is 32.1. The van der Waals surface area contributed by atoms with E-state index in [0.29, 0.717) is 6.54 Å². The number of nitrogens with zero attached hydrogens (tertiary/aromatic N) is 2. The number of rotatable bonds is 3. The molecule has 16 heavy (non-hydrogen) atoms. The van der Waals surface area contributed by atoms with Gasteiger partial charge in [-0.15, -0.1) is 11.3 Å². The lowest BCUT2D eigenvalue weighted by Gasteiger charge is -1.93. The van der Waals surface area contributed by atoms with Gasteiger partial charge < -0.3 is 10.7 Å². The summed E-state index contributed by atoms with van der Waals surface area (Å²) in [6, 6.07) is 2.06. The van der Waals surface area contributed by atoms with Crippen molar-refractivity contribution in [2.75, 3.05) is 6.54 Å². The van der Waals surface area contributed by atoms with Crippen molar-refractivity contribution in [3.05, 3.63) is 35.7 Å². The van der Waals surface area contributed by atoms with Gasteiger partial charge in [-0.3, -0.25) is 4.40 Å². The van der Waals surface area contributed by atoms with Crippen LogP contribution in [0.25, 0.3) is 16.2 Å². The first-order chi connectivity index (χ1) is 7.88. The zero-order valence-electron chi connectivity index (χ0n) is 8.68. The summed E-state index contributed by atoms with van der Waals surface area (Å²) in [5.41, 5.74) is 8.96. The number of nitrogens with one attached hydrogen (secondary N) is 1. The average molecular weight is 232 g/mol. The molecule has 0 saturated heterocycles. The molecule has 0 unspecified atom stereocenters. The minimum atomic E-state index is 0.643. The second kappa shape index (κ2) is 3.77. The zero-order valence-corrected chi connectivity index (χ0v) is 9.50. The third-order valence-electron chi connectivity index (χ3n) is 2.55. The van der Waals surface area contributed by atoms with Crippen molar-refractivity contribution in [3.8, 4) is 11.3 Å². The molecule has 3 aromatic rings. The number of aromatic nitrogens is 3. The lowest BCUT2D eigenvalue weighted by atomic mass is 10.3. The first-order valence-corrected chi connectivity index (χ1v) is 6.05. The fraction of sp³-hybridized carbons (Fsp3) is 0.182. The highest BCUT2D eigenvalue weighted by Crippen LogP contribution is 2.25. The molecule has 3 heterocycles. The van der Waals surface area contributed by atoms with Crippen molar-refractivity contribution in [1.82, 2.24) is 14.4 Å². The van der Waals surface area contributed by atoms with Gasteiger partial charge in [0.1, 0.15) is 0 Å². The van der Waals surface area contributed by atoms with Gasteiger partial charge in [-0.25, -0.2) is 4.98 Å². The largest absolute Gasteiger partial charge is 0.367 e. The molecule has 0 aromatic carbocycles. The van der Waals surface area contributed by atoms with Crippen LogP contribution >= 0.6 is 11.3 Å². The predicted molar refractivity (Wildman–Crippen MR) is 65.6 cm³/mol. The summed E-state index contributed by atoms with van der Waals surface area (Å²) in [4.78, 5) is 8.62. The smallest absolute Gasteiger partial charge is 0.194 e. The Balaban J connectivity index is 2.12. The number of nitrogens with two attached hydrogens (primary N) is 1. The van der Waals surface area contributed by atoms with E-state index in [0.717, 1.165) is 17.1 Å². The van der Waals surface area contributed by atoms with Gasteiger partial charge in [0.2, 0.25) is 0 Å². The average Bonchev–Trinajstić information content (AvgIpc) is 2.90. The second-order valence-electron chi connectivity index (χ2n) is 3.64. The van der Waals surface area contributed by atoms with Crippen LogP contribution in [-0.2, 0) is 6.42 Å². The molecular weight excluding hydrogens is 220 g/mol. The molecule has 0 amide bonds. The number of H-pyrrole nitrogens is 1. The quantitative estimate of drug-likeness (QED) is 0.724. The van der Waals surface area contributed by atoms with E-state index in [1.807, 2.05) is 12.4 Å². The maximum atomic E-state index is 5.53. The van der Waals surface area contributed by atoms with Gasteiger partial charge >= 0.3 is 0 Å². The third kappa shape index (κ3) is 1.45. The van der Waals surface area contributed by atoms with E-state index in [-0.39, 0.29) is 0 Å². The Labute approximate surface area is 96.7 Å². The van der Waals surface area contributed by atoms with Gasteiger partial charge in [-0.2, -0.15) is 0 Å². The number of aromatic amines is 1. The summed E-state index contributed by atoms with van der Waals surface area (Å²) in [6.07, 6.45) is 6.82. The van der Waals surface area contributed by atoms with Crippen LogP contribution in [0.5, 0.6) is 0 Å². The molecule has 3 rings (SSSR count). The van der Waals surface area contributed by atoms with Gasteiger partial charge in [-0.1, -0.05) is 0 Å². The van der Waals surface area contributed by atoms with Crippen molar-refractivity contribution in [2.24, 2.45) is 5.73 Å². The highest BCUT2D eigenvalue weighted by molar-refractivity contribution is 7.15.